The van der Waals surface area contributed by atoms with E-state index in [-0.39, 0.29) is 29.7 Å². The molecule has 3 N–H and O–H groups in total. The molecule has 2 aromatic heterocycles. The third-order valence-electron chi connectivity index (χ3n) is 7.45. The van der Waals surface area contributed by atoms with E-state index in [0.717, 1.165) is 31.2 Å². The zero-order valence-corrected chi connectivity index (χ0v) is 20.6. The molecule has 0 bridgehead atoms. The van der Waals surface area contributed by atoms with Gasteiger partial charge in [0.1, 0.15) is 23.4 Å². The number of nitrogens with one attached hydrogen (secondary N) is 1. The second kappa shape index (κ2) is 8.64. The number of piperidine rings is 1. The van der Waals surface area contributed by atoms with Gasteiger partial charge in [-0.25, -0.2) is 9.67 Å². The van der Waals surface area contributed by atoms with Crippen molar-refractivity contribution in [2.45, 2.75) is 57.4 Å². The maximum Gasteiger partial charge on any atom is 0.293 e. The molecule has 9 heteroatoms. The number of nitrogens with zero attached hydrogens (tertiary/aromatic N) is 6. The van der Waals surface area contributed by atoms with E-state index in [0.29, 0.717) is 24.1 Å². The fourth-order valence-electron chi connectivity index (χ4n) is 5.62. The predicted octanol–water partition coefficient (Wildman–Crippen LogP) is 1.86. The molecule has 1 aliphatic carbocycles. The van der Waals surface area contributed by atoms with Crippen LogP contribution in [0.3, 0.4) is 0 Å². The SMILES string of the molecule is CC#CCn1c(N2CCCC(N)C2)nc2cnn(CC3=NC4C=Cc5ccccc5C4(C)N3)c(=O)c21. The number of hydrogen-bond acceptors (Lipinski definition) is 7. The molecule has 3 unspecified atom stereocenters. The summed E-state index contributed by atoms with van der Waals surface area (Å²) in [6.45, 7) is 6.16. The number of hydrogen-bond donors (Lipinski definition) is 2. The van der Waals surface area contributed by atoms with Crippen molar-refractivity contribution < 1.29 is 0 Å². The van der Waals surface area contributed by atoms with Gasteiger partial charge in [0.25, 0.3) is 5.56 Å². The molecular weight excluding hydrogens is 452 g/mol. The zero-order valence-electron chi connectivity index (χ0n) is 20.6. The van der Waals surface area contributed by atoms with Gasteiger partial charge in [0, 0.05) is 19.1 Å². The number of aliphatic imine (C=N–C) groups is 1. The Bertz CT molecular complexity index is 1520. The Morgan fingerprint density at radius 3 is 3.00 bits per heavy atom. The van der Waals surface area contributed by atoms with E-state index in [9.17, 15) is 4.79 Å². The number of amidine groups is 1. The fraction of sp³-hybridized carbons (Fsp3) is 0.407. The first kappa shape index (κ1) is 22.6. The van der Waals surface area contributed by atoms with Crippen LogP contribution in [0, 0.1) is 11.8 Å². The largest absolute Gasteiger partial charge is 0.360 e. The number of anilines is 1. The maximum atomic E-state index is 13.7. The minimum atomic E-state index is -0.354. The summed E-state index contributed by atoms with van der Waals surface area (Å²) in [6.07, 6.45) is 7.90. The second-order valence-electron chi connectivity index (χ2n) is 9.91. The van der Waals surface area contributed by atoms with Crippen LogP contribution < -0.4 is 21.5 Å². The molecule has 1 saturated heterocycles. The molecule has 0 saturated carbocycles. The van der Waals surface area contributed by atoms with E-state index >= 15 is 0 Å². The molecule has 0 amide bonds. The fourth-order valence-corrected chi connectivity index (χ4v) is 5.62. The molecule has 3 atom stereocenters. The molecular formula is C27H30N8O. The molecule has 1 fully saturated rings. The minimum absolute atomic E-state index is 0.0397. The van der Waals surface area contributed by atoms with Gasteiger partial charge in [0.15, 0.2) is 0 Å². The summed E-state index contributed by atoms with van der Waals surface area (Å²) in [6, 6.07) is 8.39. The molecule has 4 heterocycles. The van der Waals surface area contributed by atoms with E-state index < -0.39 is 0 Å². The highest BCUT2D eigenvalue weighted by Gasteiger charge is 2.43. The molecule has 3 aromatic rings. The van der Waals surface area contributed by atoms with Gasteiger partial charge in [-0.2, -0.15) is 5.10 Å². The third-order valence-corrected chi connectivity index (χ3v) is 7.45. The van der Waals surface area contributed by atoms with Gasteiger partial charge in [0.2, 0.25) is 5.95 Å². The van der Waals surface area contributed by atoms with E-state index in [4.69, 9.17) is 15.7 Å². The number of rotatable bonds is 4. The lowest BCUT2D eigenvalue weighted by Crippen LogP contribution is -2.47. The number of benzene rings is 1. The van der Waals surface area contributed by atoms with Gasteiger partial charge in [0.05, 0.1) is 24.3 Å². The van der Waals surface area contributed by atoms with Crippen LogP contribution in [0.4, 0.5) is 5.95 Å². The molecule has 9 nitrogen and oxygen atoms in total. The number of imidazole rings is 1. The summed E-state index contributed by atoms with van der Waals surface area (Å²) < 4.78 is 3.38. The van der Waals surface area contributed by atoms with Crippen molar-refractivity contribution in [3.63, 3.8) is 0 Å². The minimum Gasteiger partial charge on any atom is -0.360 e. The maximum absolute atomic E-state index is 13.7. The Morgan fingerprint density at radius 1 is 1.31 bits per heavy atom. The van der Waals surface area contributed by atoms with Crippen LogP contribution in [0.15, 0.2) is 46.3 Å². The molecule has 1 aromatic carbocycles. The molecule has 0 radical (unpaired) electrons. The quantitative estimate of drug-likeness (QED) is 0.550. The van der Waals surface area contributed by atoms with Crippen LogP contribution in [0.1, 0.15) is 37.8 Å². The molecule has 2 aliphatic heterocycles. The normalized spacial score (nSPS) is 24.5. The summed E-state index contributed by atoms with van der Waals surface area (Å²) in [4.78, 5) is 25.6. The lowest BCUT2D eigenvalue weighted by atomic mass is 9.79. The van der Waals surface area contributed by atoms with Crippen LogP contribution in [-0.4, -0.2) is 50.3 Å². The van der Waals surface area contributed by atoms with Crippen molar-refractivity contribution in [2.75, 3.05) is 18.0 Å². The van der Waals surface area contributed by atoms with E-state index in [1.807, 2.05) is 16.7 Å². The molecule has 36 heavy (non-hydrogen) atoms. The highest BCUT2D eigenvalue weighted by Crippen LogP contribution is 2.38. The van der Waals surface area contributed by atoms with Gasteiger partial charge in [-0.05, 0) is 37.8 Å². The summed E-state index contributed by atoms with van der Waals surface area (Å²) in [5, 5.41) is 8.05. The molecule has 184 valence electrons. The van der Waals surface area contributed by atoms with Crippen molar-refractivity contribution in [3.8, 4) is 11.8 Å². The molecule has 0 spiro atoms. The van der Waals surface area contributed by atoms with Crippen molar-refractivity contribution in [2.24, 2.45) is 10.7 Å². The topological polar surface area (TPSA) is 106 Å². The summed E-state index contributed by atoms with van der Waals surface area (Å²) in [5.41, 5.74) is 9.14. The van der Waals surface area contributed by atoms with Crippen LogP contribution in [-0.2, 0) is 18.6 Å². The first-order valence-corrected chi connectivity index (χ1v) is 12.5. The van der Waals surface area contributed by atoms with Crippen molar-refractivity contribution >= 4 is 28.9 Å². The Balaban J connectivity index is 1.36. The Morgan fingerprint density at radius 2 is 2.17 bits per heavy atom. The molecule has 3 aliphatic rings. The third kappa shape index (κ3) is 3.60. The monoisotopic (exact) mass is 482 g/mol. The number of nitrogens with two attached hydrogens (primary N) is 1. The van der Waals surface area contributed by atoms with Gasteiger partial charge in [-0.15, -0.1) is 5.92 Å². The van der Waals surface area contributed by atoms with E-state index in [1.165, 1.54) is 15.8 Å². The van der Waals surface area contributed by atoms with Crippen molar-refractivity contribution in [3.05, 3.63) is 58.0 Å². The first-order valence-electron chi connectivity index (χ1n) is 12.5. The van der Waals surface area contributed by atoms with Crippen LogP contribution >= 0.6 is 0 Å². The predicted molar refractivity (Wildman–Crippen MR) is 142 cm³/mol. The van der Waals surface area contributed by atoms with Gasteiger partial charge in [-0.1, -0.05) is 42.3 Å². The smallest absolute Gasteiger partial charge is 0.293 e. The number of fused-ring (bicyclic) bond motifs is 4. The van der Waals surface area contributed by atoms with Gasteiger partial charge >= 0.3 is 0 Å². The van der Waals surface area contributed by atoms with Crippen LogP contribution in [0.5, 0.6) is 0 Å². The lowest BCUT2D eigenvalue weighted by Gasteiger charge is -2.34. The average molecular weight is 483 g/mol. The summed E-state index contributed by atoms with van der Waals surface area (Å²) >= 11 is 0. The average Bonchev–Trinajstić information content (AvgIpc) is 3.42. The highest BCUT2D eigenvalue weighted by molar-refractivity contribution is 5.87. The highest BCUT2D eigenvalue weighted by atomic mass is 16.1. The van der Waals surface area contributed by atoms with E-state index in [1.54, 1.807) is 13.1 Å². The Kier molecular flexibility index (Phi) is 5.41. The zero-order chi connectivity index (χ0) is 24.9. The lowest BCUT2D eigenvalue weighted by molar-refractivity contribution is 0.417. The number of aromatic nitrogens is 4. The van der Waals surface area contributed by atoms with Crippen LogP contribution in [0.25, 0.3) is 17.1 Å². The van der Waals surface area contributed by atoms with Crippen LogP contribution in [0.2, 0.25) is 0 Å². The van der Waals surface area contributed by atoms with E-state index in [2.05, 4.69) is 58.4 Å². The van der Waals surface area contributed by atoms with Gasteiger partial charge in [-0.3, -0.25) is 14.4 Å². The molecule has 6 rings (SSSR count). The second-order valence-corrected chi connectivity index (χ2v) is 9.91. The van der Waals surface area contributed by atoms with Crippen molar-refractivity contribution in [1.29, 1.82) is 0 Å². The summed E-state index contributed by atoms with van der Waals surface area (Å²) in [5.74, 6) is 7.51. The summed E-state index contributed by atoms with van der Waals surface area (Å²) in [7, 11) is 0. The Labute approximate surface area is 209 Å². The van der Waals surface area contributed by atoms with Gasteiger partial charge < -0.3 is 16.0 Å². The Hall–Kier alpha value is -3.90. The first-order chi connectivity index (χ1) is 17.5. The van der Waals surface area contributed by atoms with Crippen molar-refractivity contribution in [1.82, 2.24) is 24.6 Å². The standard InChI is InChI=1S/C27H30N8O/c1-3-4-14-34-24-21(30-26(34)33-13-7-9-19(28)16-33)15-29-35(25(24)36)17-23-31-22-12-11-18-8-5-6-10-20(18)27(22,2)32-23/h5-6,8,10-12,15,19,22H,7,9,13-14,16-17,28H2,1-2H3,(H,31,32).